The third-order valence-electron chi connectivity index (χ3n) is 4.91. The van der Waals surface area contributed by atoms with Crippen LogP contribution in [0.5, 0.6) is 0 Å². The Morgan fingerprint density at radius 3 is 2.53 bits per heavy atom. The summed E-state index contributed by atoms with van der Waals surface area (Å²) in [5, 5.41) is 8.01. The van der Waals surface area contributed by atoms with Gasteiger partial charge in [-0.2, -0.15) is 5.10 Å². The topological polar surface area (TPSA) is 68.4 Å². The molecule has 0 aliphatic heterocycles. The number of nitrogens with zero attached hydrogens (tertiary/aromatic N) is 3. The van der Waals surface area contributed by atoms with Gasteiger partial charge in [0.15, 0.2) is 0 Å². The quantitative estimate of drug-likeness (QED) is 0.519. The molecule has 6 nitrogen and oxygen atoms in total. The zero-order valence-corrected chi connectivity index (χ0v) is 17.3. The van der Waals surface area contributed by atoms with Gasteiger partial charge in [0.1, 0.15) is 12.1 Å². The van der Waals surface area contributed by atoms with Crippen LogP contribution in [0, 0.1) is 6.92 Å². The van der Waals surface area contributed by atoms with E-state index >= 15 is 0 Å². The Morgan fingerprint density at radius 1 is 1.07 bits per heavy atom. The Bertz CT molecular complexity index is 1240. The SMILES string of the molecule is Cc1ccc(-c2cc3c(=O)n(CC(=O)NCCc4ccc(Cl)cc4)ccn3n2)cc1. The second-order valence-corrected chi connectivity index (χ2v) is 7.62. The molecule has 0 saturated carbocycles. The highest BCUT2D eigenvalue weighted by molar-refractivity contribution is 6.30. The molecule has 2 heterocycles. The summed E-state index contributed by atoms with van der Waals surface area (Å²) >= 11 is 5.88. The van der Waals surface area contributed by atoms with Crippen LogP contribution in [-0.4, -0.2) is 26.6 Å². The molecule has 0 fully saturated rings. The number of halogens is 1. The molecular weight excluding hydrogens is 400 g/mol. The van der Waals surface area contributed by atoms with Crippen molar-refractivity contribution >= 4 is 23.0 Å². The molecule has 0 saturated heterocycles. The normalized spacial score (nSPS) is 11.0. The molecule has 1 N–H and O–H groups in total. The molecule has 2 aromatic carbocycles. The molecule has 0 bridgehead atoms. The number of hydrogen-bond acceptors (Lipinski definition) is 3. The van der Waals surface area contributed by atoms with Crippen LogP contribution in [-0.2, 0) is 17.8 Å². The number of carbonyl (C=O) groups excluding carboxylic acids is 1. The molecule has 0 atom stereocenters. The smallest absolute Gasteiger partial charge is 0.277 e. The standard InChI is InChI=1S/C23H21ClN4O2/c1-16-2-6-18(7-3-16)20-14-21-23(30)27(12-13-28(21)26-20)15-22(29)25-11-10-17-4-8-19(24)9-5-17/h2-9,12-14H,10-11,15H2,1H3,(H,25,29). The third kappa shape index (κ3) is 4.44. The first-order valence-corrected chi connectivity index (χ1v) is 10.0. The van der Waals surface area contributed by atoms with Gasteiger partial charge in [0.05, 0.1) is 5.69 Å². The molecule has 0 unspecified atom stereocenters. The number of rotatable bonds is 6. The first kappa shape index (κ1) is 19.9. The Kier molecular flexibility index (Phi) is 5.68. The summed E-state index contributed by atoms with van der Waals surface area (Å²) < 4.78 is 2.94. The van der Waals surface area contributed by atoms with Gasteiger partial charge >= 0.3 is 0 Å². The highest BCUT2D eigenvalue weighted by atomic mass is 35.5. The Balaban J connectivity index is 1.44. The number of carbonyl (C=O) groups is 1. The molecule has 152 valence electrons. The number of aryl methyl sites for hydroxylation is 1. The van der Waals surface area contributed by atoms with Crippen molar-refractivity contribution in [2.45, 2.75) is 19.9 Å². The lowest BCUT2D eigenvalue weighted by Crippen LogP contribution is -2.33. The molecule has 0 spiro atoms. The molecule has 4 aromatic rings. The van der Waals surface area contributed by atoms with Gasteiger partial charge in [0, 0.05) is 29.5 Å². The second kappa shape index (κ2) is 8.55. The molecule has 0 aliphatic rings. The number of fused-ring (bicyclic) bond motifs is 1. The van der Waals surface area contributed by atoms with Crippen LogP contribution in [0.15, 0.2) is 71.8 Å². The fourth-order valence-corrected chi connectivity index (χ4v) is 3.35. The minimum atomic E-state index is -0.254. The summed E-state index contributed by atoms with van der Waals surface area (Å²) in [6, 6.07) is 17.2. The molecule has 2 aromatic heterocycles. The van der Waals surface area contributed by atoms with Crippen LogP contribution in [0.25, 0.3) is 16.8 Å². The maximum Gasteiger partial charge on any atom is 0.277 e. The summed E-state index contributed by atoms with van der Waals surface area (Å²) in [5.74, 6) is -0.214. The van der Waals surface area contributed by atoms with Crippen molar-refractivity contribution in [3.63, 3.8) is 0 Å². The first-order valence-electron chi connectivity index (χ1n) is 9.66. The van der Waals surface area contributed by atoms with Gasteiger partial charge in [0.25, 0.3) is 5.56 Å². The van der Waals surface area contributed by atoms with E-state index in [1.807, 2.05) is 55.5 Å². The summed E-state index contributed by atoms with van der Waals surface area (Å²) in [7, 11) is 0. The summed E-state index contributed by atoms with van der Waals surface area (Å²) in [5.41, 5.74) is 4.08. The lowest BCUT2D eigenvalue weighted by Gasteiger charge is -2.08. The van der Waals surface area contributed by atoms with Gasteiger partial charge in [-0.3, -0.25) is 9.59 Å². The molecule has 0 aliphatic carbocycles. The van der Waals surface area contributed by atoms with Gasteiger partial charge < -0.3 is 9.88 Å². The monoisotopic (exact) mass is 420 g/mol. The highest BCUT2D eigenvalue weighted by Gasteiger charge is 2.11. The van der Waals surface area contributed by atoms with Crippen LogP contribution in [0.3, 0.4) is 0 Å². The van der Waals surface area contributed by atoms with Gasteiger partial charge in [0.2, 0.25) is 5.91 Å². The summed E-state index contributed by atoms with van der Waals surface area (Å²) in [6.07, 6.45) is 3.97. The Labute approximate surface area is 178 Å². The van der Waals surface area contributed by atoms with E-state index in [-0.39, 0.29) is 18.0 Å². The fourth-order valence-electron chi connectivity index (χ4n) is 3.22. The third-order valence-corrected chi connectivity index (χ3v) is 5.17. The van der Waals surface area contributed by atoms with E-state index in [1.54, 1.807) is 23.0 Å². The molecule has 4 rings (SSSR count). The maximum absolute atomic E-state index is 12.8. The van der Waals surface area contributed by atoms with Crippen molar-refractivity contribution in [1.29, 1.82) is 0 Å². The zero-order chi connectivity index (χ0) is 21.1. The molecule has 7 heteroatoms. The van der Waals surface area contributed by atoms with E-state index in [4.69, 9.17) is 11.6 Å². The van der Waals surface area contributed by atoms with E-state index in [9.17, 15) is 9.59 Å². The van der Waals surface area contributed by atoms with Crippen LogP contribution < -0.4 is 10.9 Å². The van der Waals surface area contributed by atoms with Crippen molar-refractivity contribution in [3.8, 4) is 11.3 Å². The number of nitrogens with one attached hydrogen (secondary N) is 1. The van der Waals surface area contributed by atoms with E-state index in [2.05, 4.69) is 10.4 Å². The predicted molar refractivity (Wildman–Crippen MR) is 118 cm³/mol. The van der Waals surface area contributed by atoms with Gasteiger partial charge in [-0.1, -0.05) is 53.6 Å². The minimum absolute atomic E-state index is 0.0407. The molecule has 30 heavy (non-hydrogen) atoms. The van der Waals surface area contributed by atoms with Crippen molar-refractivity contribution in [2.24, 2.45) is 0 Å². The average Bonchev–Trinajstić information content (AvgIpc) is 3.17. The van der Waals surface area contributed by atoms with Gasteiger partial charge in [-0.25, -0.2) is 4.52 Å². The van der Waals surface area contributed by atoms with Crippen molar-refractivity contribution in [1.82, 2.24) is 19.5 Å². The van der Waals surface area contributed by atoms with Gasteiger partial charge in [-0.05, 0) is 37.1 Å². The van der Waals surface area contributed by atoms with Crippen molar-refractivity contribution < 1.29 is 4.79 Å². The van der Waals surface area contributed by atoms with E-state index in [1.165, 1.54) is 4.57 Å². The van der Waals surface area contributed by atoms with Crippen LogP contribution in [0.1, 0.15) is 11.1 Å². The minimum Gasteiger partial charge on any atom is -0.354 e. The average molecular weight is 421 g/mol. The maximum atomic E-state index is 12.8. The van der Waals surface area contributed by atoms with Crippen LogP contribution >= 0.6 is 11.6 Å². The molecule has 0 radical (unpaired) electrons. The Hall–Kier alpha value is -3.38. The lowest BCUT2D eigenvalue weighted by atomic mass is 10.1. The van der Waals surface area contributed by atoms with E-state index < -0.39 is 0 Å². The zero-order valence-electron chi connectivity index (χ0n) is 16.5. The highest BCUT2D eigenvalue weighted by Crippen LogP contribution is 2.18. The number of amides is 1. The largest absolute Gasteiger partial charge is 0.354 e. The van der Waals surface area contributed by atoms with Crippen molar-refractivity contribution in [2.75, 3.05) is 6.54 Å². The number of hydrogen-bond donors (Lipinski definition) is 1. The lowest BCUT2D eigenvalue weighted by molar-refractivity contribution is -0.121. The molecule has 1 amide bonds. The number of benzene rings is 2. The Morgan fingerprint density at radius 2 is 1.80 bits per heavy atom. The van der Waals surface area contributed by atoms with Crippen molar-refractivity contribution in [3.05, 3.63) is 93.5 Å². The van der Waals surface area contributed by atoms with E-state index in [0.717, 1.165) is 22.4 Å². The molecular formula is C23H21ClN4O2. The second-order valence-electron chi connectivity index (χ2n) is 7.18. The predicted octanol–water partition coefficient (Wildman–Crippen LogP) is 3.48. The summed E-state index contributed by atoms with van der Waals surface area (Å²) in [4.78, 5) is 25.1. The van der Waals surface area contributed by atoms with Crippen LogP contribution in [0.2, 0.25) is 5.02 Å². The first-order chi connectivity index (χ1) is 14.5. The number of aromatic nitrogens is 3. The van der Waals surface area contributed by atoms with Crippen LogP contribution in [0.4, 0.5) is 0 Å². The van der Waals surface area contributed by atoms with E-state index in [0.29, 0.717) is 23.5 Å². The van der Waals surface area contributed by atoms with Gasteiger partial charge in [-0.15, -0.1) is 0 Å². The fraction of sp³-hybridized carbons (Fsp3) is 0.174. The summed E-state index contributed by atoms with van der Waals surface area (Å²) in [6.45, 7) is 2.47.